The Labute approximate surface area is 127 Å². The molecule has 0 aromatic carbocycles. The molecule has 116 valence electrons. The molecule has 2 fully saturated rings. The molecule has 1 N–H and O–H groups in total. The molecule has 4 heteroatoms. The Morgan fingerprint density at radius 3 is 2.95 bits per heavy atom. The van der Waals surface area contributed by atoms with E-state index in [1.807, 2.05) is 19.9 Å². The number of hydrogen-bond acceptors (Lipinski definition) is 4. The molecule has 0 bridgehead atoms. The van der Waals surface area contributed by atoms with Crippen LogP contribution in [0.4, 0.5) is 0 Å². The van der Waals surface area contributed by atoms with E-state index in [0.29, 0.717) is 6.04 Å². The van der Waals surface area contributed by atoms with Crippen molar-refractivity contribution in [3.63, 3.8) is 0 Å². The third-order valence-corrected chi connectivity index (χ3v) is 4.42. The van der Waals surface area contributed by atoms with Crippen molar-refractivity contribution in [2.45, 2.75) is 70.8 Å². The molecular formula is C17H27N3O. The van der Waals surface area contributed by atoms with Gasteiger partial charge in [-0.15, -0.1) is 0 Å². The highest BCUT2D eigenvalue weighted by atomic mass is 16.5. The zero-order chi connectivity index (χ0) is 14.8. The molecule has 0 amide bonds. The van der Waals surface area contributed by atoms with Crippen LogP contribution in [0.25, 0.3) is 0 Å². The Kier molecular flexibility index (Phi) is 4.45. The molecule has 4 nitrogen and oxygen atoms in total. The average molecular weight is 289 g/mol. The number of ether oxygens (including phenoxy) is 1. The summed E-state index contributed by atoms with van der Waals surface area (Å²) in [7, 11) is 0. The molecule has 1 aliphatic heterocycles. The van der Waals surface area contributed by atoms with Crippen LogP contribution in [0.1, 0.15) is 45.6 Å². The van der Waals surface area contributed by atoms with Crippen LogP contribution in [-0.2, 0) is 6.54 Å². The summed E-state index contributed by atoms with van der Waals surface area (Å²) in [5.41, 5.74) is 1.16. The van der Waals surface area contributed by atoms with E-state index in [2.05, 4.69) is 28.2 Å². The summed E-state index contributed by atoms with van der Waals surface area (Å²) in [4.78, 5) is 7.03. The fourth-order valence-corrected chi connectivity index (χ4v) is 3.26. The second kappa shape index (κ2) is 6.32. The number of nitrogens with one attached hydrogen (secondary N) is 1. The van der Waals surface area contributed by atoms with Crippen LogP contribution in [0.2, 0.25) is 0 Å². The summed E-state index contributed by atoms with van der Waals surface area (Å²) in [6.45, 7) is 8.46. The van der Waals surface area contributed by atoms with E-state index in [1.54, 1.807) is 6.20 Å². The predicted octanol–water partition coefficient (Wildman–Crippen LogP) is 2.58. The lowest BCUT2D eigenvalue weighted by atomic mass is 10.2. The minimum Gasteiger partial charge on any atom is -0.475 e. The van der Waals surface area contributed by atoms with E-state index in [0.717, 1.165) is 30.1 Å². The predicted molar refractivity (Wildman–Crippen MR) is 84.4 cm³/mol. The van der Waals surface area contributed by atoms with Crippen molar-refractivity contribution in [3.05, 3.63) is 23.9 Å². The quantitative estimate of drug-likeness (QED) is 0.873. The maximum absolute atomic E-state index is 5.79. The topological polar surface area (TPSA) is 37.4 Å². The molecule has 0 spiro atoms. The molecule has 1 saturated carbocycles. The van der Waals surface area contributed by atoms with Gasteiger partial charge in [0.15, 0.2) is 0 Å². The summed E-state index contributed by atoms with van der Waals surface area (Å²) in [6, 6.07) is 6.26. The summed E-state index contributed by atoms with van der Waals surface area (Å²) in [6.07, 6.45) is 6.00. The lowest BCUT2D eigenvalue weighted by molar-refractivity contribution is 0.229. The third kappa shape index (κ3) is 3.74. The number of pyridine rings is 1. The monoisotopic (exact) mass is 289 g/mol. The van der Waals surface area contributed by atoms with E-state index >= 15 is 0 Å². The van der Waals surface area contributed by atoms with Crippen molar-refractivity contribution in [1.29, 1.82) is 0 Å². The van der Waals surface area contributed by atoms with E-state index in [4.69, 9.17) is 4.74 Å². The van der Waals surface area contributed by atoms with Crippen molar-refractivity contribution in [2.75, 3.05) is 6.54 Å². The molecule has 2 aliphatic rings. The smallest absolute Gasteiger partial charge is 0.218 e. The molecular weight excluding hydrogens is 262 g/mol. The van der Waals surface area contributed by atoms with E-state index in [-0.39, 0.29) is 6.10 Å². The molecule has 1 saturated heterocycles. The van der Waals surface area contributed by atoms with Crippen molar-refractivity contribution >= 4 is 0 Å². The second-order valence-electron chi connectivity index (χ2n) is 6.72. The second-order valence-corrected chi connectivity index (χ2v) is 6.72. The summed E-state index contributed by atoms with van der Waals surface area (Å²) in [5, 5.41) is 3.69. The maximum atomic E-state index is 5.79. The highest BCUT2D eigenvalue weighted by molar-refractivity contribution is 5.25. The Morgan fingerprint density at radius 2 is 2.24 bits per heavy atom. The van der Waals surface area contributed by atoms with Gasteiger partial charge in [0.05, 0.1) is 6.10 Å². The van der Waals surface area contributed by atoms with Crippen LogP contribution >= 0.6 is 0 Å². The average Bonchev–Trinajstić information content (AvgIpc) is 3.21. The minimum atomic E-state index is 0.163. The summed E-state index contributed by atoms with van der Waals surface area (Å²) in [5.74, 6) is 0.769. The Hall–Kier alpha value is -1.13. The van der Waals surface area contributed by atoms with Gasteiger partial charge in [-0.1, -0.05) is 6.07 Å². The maximum Gasteiger partial charge on any atom is 0.218 e. The Morgan fingerprint density at radius 1 is 1.43 bits per heavy atom. The molecule has 2 heterocycles. The highest BCUT2D eigenvalue weighted by Gasteiger charge is 2.38. The van der Waals surface area contributed by atoms with Gasteiger partial charge in [-0.25, -0.2) is 4.98 Å². The zero-order valence-electron chi connectivity index (χ0n) is 13.4. The van der Waals surface area contributed by atoms with Gasteiger partial charge in [-0.3, -0.25) is 4.90 Å². The van der Waals surface area contributed by atoms with Gasteiger partial charge in [-0.2, -0.15) is 0 Å². The van der Waals surface area contributed by atoms with Gasteiger partial charge < -0.3 is 10.1 Å². The SMILES string of the molecule is CC(C)Oc1ncccc1CNC1CC(C)N(C2CC2)C1. The van der Waals surface area contributed by atoms with Crippen LogP contribution in [0, 0.1) is 0 Å². The third-order valence-electron chi connectivity index (χ3n) is 4.42. The Balaban J connectivity index is 1.55. The number of nitrogens with zero attached hydrogens (tertiary/aromatic N) is 2. The van der Waals surface area contributed by atoms with Crippen molar-refractivity contribution in [2.24, 2.45) is 0 Å². The first kappa shape index (κ1) is 14.8. The van der Waals surface area contributed by atoms with Crippen molar-refractivity contribution in [3.8, 4) is 5.88 Å². The van der Waals surface area contributed by atoms with Crippen LogP contribution in [0.15, 0.2) is 18.3 Å². The molecule has 0 radical (unpaired) electrons. The highest BCUT2D eigenvalue weighted by Crippen LogP contribution is 2.33. The molecule has 2 atom stereocenters. The number of likely N-dealkylation sites (tertiary alicyclic amines) is 1. The van der Waals surface area contributed by atoms with E-state index < -0.39 is 0 Å². The Bertz CT molecular complexity index is 473. The first-order chi connectivity index (χ1) is 10.1. The summed E-state index contributed by atoms with van der Waals surface area (Å²) < 4.78 is 5.79. The normalized spacial score (nSPS) is 26.5. The standard InChI is InChI=1S/C17H27N3O/c1-12(2)21-17-14(5-4-8-18-17)10-19-15-9-13(3)20(11-15)16-6-7-16/h4-5,8,12-13,15-16,19H,6-7,9-11H2,1-3H3. The number of hydrogen-bond donors (Lipinski definition) is 1. The first-order valence-electron chi connectivity index (χ1n) is 8.23. The van der Waals surface area contributed by atoms with Gasteiger partial charge in [0.25, 0.3) is 0 Å². The zero-order valence-corrected chi connectivity index (χ0v) is 13.4. The van der Waals surface area contributed by atoms with Crippen molar-refractivity contribution in [1.82, 2.24) is 15.2 Å². The molecule has 1 aromatic heterocycles. The van der Waals surface area contributed by atoms with Crippen LogP contribution in [0.3, 0.4) is 0 Å². The fourth-order valence-electron chi connectivity index (χ4n) is 3.26. The van der Waals surface area contributed by atoms with Crippen molar-refractivity contribution < 1.29 is 4.74 Å². The van der Waals surface area contributed by atoms with E-state index in [1.165, 1.54) is 25.8 Å². The molecule has 1 aliphatic carbocycles. The van der Waals surface area contributed by atoms with Crippen LogP contribution in [0.5, 0.6) is 5.88 Å². The van der Waals surface area contributed by atoms with Gasteiger partial charge in [0.1, 0.15) is 0 Å². The summed E-state index contributed by atoms with van der Waals surface area (Å²) >= 11 is 0. The van der Waals surface area contributed by atoms with Gasteiger partial charge in [0, 0.05) is 43.0 Å². The lowest BCUT2D eigenvalue weighted by Crippen LogP contribution is -2.34. The van der Waals surface area contributed by atoms with Gasteiger partial charge >= 0.3 is 0 Å². The van der Waals surface area contributed by atoms with E-state index in [9.17, 15) is 0 Å². The lowest BCUT2D eigenvalue weighted by Gasteiger charge is -2.20. The fraction of sp³-hybridized carbons (Fsp3) is 0.706. The molecule has 3 rings (SSSR count). The molecule has 2 unspecified atom stereocenters. The minimum absolute atomic E-state index is 0.163. The number of aromatic nitrogens is 1. The van der Waals surface area contributed by atoms with Crippen LogP contribution < -0.4 is 10.1 Å². The van der Waals surface area contributed by atoms with Gasteiger partial charge in [0.2, 0.25) is 5.88 Å². The number of rotatable bonds is 6. The largest absolute Gasteiger partial charge is 0.475 e. The first-order valence-corrected chi connectivity index (χ1v) is 8.23. The van der Waals surface area contributed by atoms with Crippen LogP contribution in [-0.4, -0.2) is 40.7 Å². The molecule has 1 aromatic rings. The molecule has 21 heavy (non-hydrogen) atoms. The van der Waals surface area contributed by atoms with Gasteiger partial charge in [-0.05, 0) is 46.1 Å².